The van der Waals surface area contributed by atoms with Gasteiger partial charge >= 0.3 is 0 Å². The molecule has 2 heterocycles. The van der Waals surface area contributed by atoms with E-state index in [-0.39, 0.29) is 16.2 Å². The van der Waals surface area contributed by atoms with Gasteiger partial charge in [0.25, 0.3) is 0 Å². The van der Waals surface area contributed by atoms with Crippen LogP contribution in [0.25, 0.3) is 0 Å². The first-order chi connectivity index (χ1) is 14.9. The highest BCUT2D eigenvalue weighted by Gasteiger charge is 2.74. The molecule has 0 aromatic carbocycles. The zero-order chi connectivity index (χ0) is 22.7. The molecule has 6 aliphatic rings. The minimum absolute atomic E-state index is 0.160. The highest BCUT2D eigenvalue weighted by Crippen LogP contribution is 2.72. The van der Waals surface area contributed by atoms with Gasteiger partial charge in [0.2, 0.25) is 0 Å². The Hall–Kier alpha value is 0.0569. The van der Waals surface area contributed by atoms with Gasteiger partial charge in [0, 0.05) is 17.9 Å². The van der Waals surface area contributed by atoms with E-state index in [1.807, 2.05) is 0 Å². The zero-order valence-corrected chi connectivity index (χ0v) is 22.5. The van der Waals surface area contributed by atoms with E-state index in [9.17, 15) is 0 Å². The first-order valence-electron chi connectivity index (χ1n) is 13.5. The van der Waals surface area contributed by atoms with Crippen LogP contribution in [0.1, 0.15) is 79.6 Å². The molecule has 1 spiro atoms. The largest absolute Gasteiger partial charge is 0.414 e. The van der Waals surface area contributed by atoms with E-state index in [0.29, 0.717) is 41.5 Å². The predicted molar refractivity (Wildman–Crippen MR) is 128 cm³/mol. The van der Waals surface area contributed by atoms with Gasteiger partial charge in [-0.15, -0.1) is 0 Å². The normalized spacial score (nSPS) is 51.7. The molecule has 4 unspecified atom stereocenters. The number of rotatable bonds is 2. The van der Waals surface area contributed by atoms with Gasteiger partial charge in [0.15, 0.2) is 14.1 Å². The topological polar surface area (TPSA) is 40.2 Å². The van der Waals surface area contributed by atoms with Gasteiger partial charge in [-0.05, 0) is 85.7 Å². The Morgan fingerprint density at radius 1 is 0.844 bits per heavy atom. The van der Waals surface area contributed by atoms with Crippen molar-refractivity contribution in [3.63, 3.8) is 0 Å². The molecule has 0 bridgehead atoms. The summed E-state index contributed by atoms with van der Waals surface area (Å²) in [7, 11) is -1.73. The highest BCUT2D eigenvalue weighted by molar-refractivity contribution is 6.74. The summed E-state index contributed by atoms with van der Waals surface area (Å²) in [6.45, 7) is 18.6. The van der Waals surface area contributed by atoms with Crippen molar-refractivity contribution in [2.24, 2.45) is 34.5 Å². The third-order valence-electron chi connectivity index (χ3n) is 12.0. The van der Waals surface area contributed by atoms with Gasteiger partial charge < -0.3 is 18.6 Å². The second-order valence-electron chi connectivity index (χ2n) is 14.2. The fourth-order valence-corrected chi connectivity index (χ4v) is 10.5. The van der Waals surface area contributed by atoms with E-state index in [0.717, 1.165) is 25.6 Å². The van der Waals surface area contributed by atoms with Crippen molar-refractivity contribution in [2.75, 3.05) is 13.2 Å². The van der Waals surface area contributed by atoms with Crippen LogP contribution in [0.4, 0.5) is 0 Å². The van der Waals surface area contributed by atoms with Crippen LogP contribution in [0.2, 0.25) is 18.1 Å². The van der Waals surface area contributed by atoms with Crippen molar-refractivity contribution in [3.05, 3.63) is 0 Å². The summed E-state index contributed by atoms with van der Waals surface area (Å²) in [6, 6.07) is 0. The lowest BCUT2D eigenvalue weighted by Gasteiger charge is -2.60. The second-order valence-corrected chi connectivity index (χ2v) is 18.9. The van der Waals surface area contributed by atoms with Crippen molar-refractivity contribution in [1.29, 1.82) is 0 Å². The molecule has 9 atom stereocenters. The Morgan fingerprint density at radius 3 is 2.22 bits per heavy atom. The molecule has 182 valence electrons. The molecular formula is C27H46O4Si. The predicted octanol–water partition coefficient (Wildman–Crippen LogP) is 6.15. The quantitative estimate of drug-likeness (QED) is 0.364. The van der Waals surface area contributed by atoms with Gasteiger partial charge in [-0.1, -0.05) is 34.6 Å². The average molecular weight is 463 g/mol. The van der Waals surface area contributed by atoms with Gasteiger partial charge in [-0.25, -0.2) is 0 Å². The minimum Gasteiger partial charge on any atom is -0.414 e. The van der Waals surface area contributed by atoms with Crippen molar-refractivity contribution >= 4 is 8.32 Å². The maximum Gasteiger partial charge on any atom is 0.192 e. The van der Waals surface area contributed by atoms with Crippen LogP contribution >= 0.6 is 0 Å². The molecule has 32 heavy (non-hydrogen) atoms. The lowest BCUT2D eigenvalue weighted by atomic mass is 9.45. The highest BCUT2D eigenvalue weighted by atomic mass is 28.4. The van der Waals surface area contributed by atoms with E-state index in [4.69, 9.17) is 18.6 Å². The van der Waals surface area contributed by atoms with E-state index in [2.05, 4.69) is 47.7 Å². The van der Waals surface area contributed by atoms with Crippen LogP contribution in [0.5, 0.6) is 0 Å². The summed E-state index contributed by atoms with van der Waals surface area (Å²) < 4.78 is 26.2. The summed E-state index contributed by atoms with van der Waals surface area (Å²) in [4.78, 5) is 0. The Bertz CT molecular complexity index is 770. The monoisotopic (exact) mass is 462 g/mol. The molecule has 2 aliphatic heterocycles. The van der Waals surface area contributed by atoms with E-state index in [1.54, 1.807) is 0 Å². The third kappa shape index (κ3) is 2.87. The molecule has 0 N–H and O–H groups in total. The maximum atomic E-state index is 6.94. The van der Waals surface area contributed by atoms with Crippen molar-refractivity contribution in [1.82, 2.24) is 0 Å². The molecule has 0 radical (unpaired) electrons. The summed E-state index contributed by atoms with van der Waals surface area (Å²) in [5.41, 5.74) is 0.567. The molecule has 2 saturated heterocycles. The Labute approximate surface area is 196 Å². The second kappa shape index (κ2) is 6.84. The van der Waals surface area contributed by atoms with Crippen LogP contribution in [0, 0.1) is 34.5 Å². The number of epoxide rings is 1. The number of hydrogen-bond donors (Lipinski definition) is 0. The third-order valence-corrected chi connectivity index (χ3v) is 16.5. The fourth-order valence-electron chi connectivity index (χ4n) is 9.08. The number of hydrogen-bond acceptors (Lipinski definition) is 4. The standard InChI is InChI=1S/C27H46O4Si/c1-24(2,3)32(6,7)31-17-8-11-25(4)18-9-12-26(5)19(10-13-27(26)28-14-15-29-27)21(18)23-22(30-23)20(25)16-17/h17-23H,8-16H2,1-7H3/t17-,18?,19?,20?,21?,22-,23+,25+,26-/m0/s1. The summed E-state index contributed by atoms with van der Waals surface area (Å²) in [5, 5.41) is 0.278. The number of fused-ring (bicyclic) bond motifs is 9. The first kappa shape index (κ1) is 22.5. The Morgan fingerprint density at radius 2 is 1.53 bits per heavy atom. The zero-order valence-electron chi connectivity index (χ0n) is 21.5. The number of ether oxygens (including phenoxy) is 3. The first-order valence-corrected chi connectivity index (χ1v) is 16.4. The molecule has 4 saturated carbocycles. The van der Waals surface area contributed by atoms with Crippen LogP contribution in [-0.4, -0.2) is 45.6 Å². The summed E-state index contributed by atoms with van der Waals surface area (Å²) in [5.74, 6) is 2.55. The van der Waals surface area contributed by atoms with Gasteiger partial charge in [-0.2, -0.15) is 0 Å². The smallest absolute Gasteiger partial charge is 0.192 e. The maximum absolute atomic E-state index is 6.94. The van der Waals surface area contributed by atoms with Crippen LogP contribution in [0.15, 0.2) is 0 Å². The minimum atomic E-state index is -1.73. The molecular weight excluding hydrogens is 416 g/mol. The van der Waals surface area contributed by atoms with Crippen molar-refractivity contribution in [3.8, 4) is 0 Å². The molecule has 0 aromatic rings. The molecule has 0 amide bonds. The van der Waals surface area contributed by atoms with Gasteiger partial charge in [0.05, 0.1) is 25.4 Å². The van der Waals surface area contributed by atoms with Gasteiger partial charge in [-0.3, -0.25) is 0 Å². The van der Waals surface area contributed by atoms with Crippen LogP contribution < -0.4 is 0 Å². The Balaban J connectivity index is 1.23. The lowest BCUT2D eigenvalue weighted by Crippen LogP contribution is -2.60. The van der Waals surface area contributed by atoms with Crippen LogP contribution in [-0.2, 0) is 18.6 Å². The summed E-state index contributed by atoms with van der Waals surface area (Å²) in [6.07, 6.45) is 10.0. The average Bonchev–Trinajstić information content (AvgIpc) is 3.25. The van der Waals surface area contributed by atoms with Crippen LogP contribution in [0.3, 0.4) is 0 Å². The summed E-state index contributed by atoms with van der Waals surface area (Å²) >= 11 is 0. The lowest BCUT2D eigenvalue weighted by molar-refractivity contribution is -0.246. The van der Waals surface area contributed by atoms with Crippen molar-refractivity contribution < 1.29 is 18.6 Å². The molecule has 6 rings (SSSR count). The molecule has 5 heteroatoms. The SMILES string of the molecule is CC(C)(C)[Si](C)(C)O[C@H]1CC[C@]2(C)C3CC[C@@]4(C)C(CCC45OCCO5)C3[C@H]3O[C@H]3C2C1. The molecule has 4 nitrogen and oxygen atoms in total. The van der Waals surface area contributed by atoms with Crippen molar-refractivity contribution in [2.45, 2.75) is 122 Å². The van der Waals surface area contributed by atoms with Gasteiger partial charge in [0.1, 0.15) is 0 Å². The van der Waals surface area contributed by atoms with E-state index in [1.165, 1.54) is 38.5 Å². The molecule has 4 aliphatic carbocycles. The van der Waals surface area contributed by atoms with E-state index < -0.39 is 8.32 Å². The molecule has 6 fully saturated rings. The fraction of sp³-hybridized carbons (Fsp3) is 1.00. The van der Waals surface area contributed by atoms with E-state index >= 15 is 0 Å². The molecule has 0 aromatic heterocycles. The Kier molecular flexibility index (Phi) is 4.81.